The molecule has 6 rings (SSSR count). The van der Waals surface area contributed by atoms with Gasteiger partial charge >= 0.3 is 0 Å². The fraction of sp³-hybridized carbons (Fsp3) is 0.565. The van der Waals surface area contributed by atoms with Gasteiger partial charge in [0, 0.05) is 47.7 Å². The Morgan fingerprint density at radius 1 is 1.30 bits per heavy atom. The largest absolute Gasteiger partial charge is 0.379 e. The molecule has 1 N–H and O–H groups in total. The molecule has 4 aliphatic heterocycles. The average Bonchev–Trinajstić information content (AvgIpc) is 3.20. The Morgan fingerprint density at radius 3 is 2.87 bits per heavy atom. The Morgan fingerprint density at radius 2 is 2.10 bits per heavy atom. The molecule has 30 heavy (non-hydrogen) atoms. The molecular weight excluding hydrogens is 396 g/mol. The van der Waals surface area contributed by atoms with Gasteiger partial charge in [-0.3, -0.25) is 14.6 Å². The quantitative estimate of drug-likeness (QED) is 0.766. The summed E-state index contributed by atoms with van der Waals surface area (Å²) >= 11 is 1.56. The summed E-state index contributed by atoms with van der Waals surface area (Å²) in [6.07, 6.45) is 4.08. The summed E-state index contributed by atoms with van der Waals surface area (Å²) in [5.74, 6) is 7.12. The second-order valence-electron chi connectivity index (χ2n) is 8.49. The summed E-state index contributed by atoms with van der Waals surface area (Å²) in [7, 11) is 0. The fourth-order valence-electron chi connectivity index (χ4n) is 4.99. The van der Waals surface area contributed by atoms with Gasteiger partial charge in [0.05, 0.1) is 24.5 Å². The smallest absolute Gasteiger partial charge is 0.271 e. The van der Waals surface area contributed by atoms with Crippen molar-refractivity contribution in [2.75, 3.05) is 45.9 Å². The van der Waals surface area contributed by atoms with Crippen LogP contribution in [0.25, 0.3) is 10.1 Å². The number of pyridine rings is 1. The van der Waals surface area contributed by atoms with Gasteiger partial charge < -0.3 is 10.1 Å². The Hall–Kier alpha value is -1.98. The lowest BCUT2D eigenvalue weighted by Crippen LogP contribution is -2.62. The number of morpholine rings is 1. The molecule has 2 atom stereocenters. The highest BCUT2D eigenvalue weighted by molar-refractivity contribution is 7.17. The standard InChI is InChI=1S/C23H28N4O2S/c1-16-20(17-5-9-27(16)10-6-17)25-23(28)21-22-19(4-7-24-21)18(15-30-22)3-2-8-26-11-13-29-14-12-26/h4,7,15-17,20H,5-6,8-14H2,1H3,(H,25,28)/t16-,20-/m0/s1. The van der Waals surface area contributed by atoms with E-state index >= 15 is 0 Å². The lowest BCUT2D eigenvalue weighted by molar-refractivity contribution is 0.0216. The molecule has 0 aliphatic carbocycles. The Labute approximate surface area is 181 Å². The van der Waals surface area contributed by atoms with Crippen molar-refractivity contribution in [2.24, 2.45) is 5.92 Å². The van der Waals surface area contributed by atoms with Crippen LogP contribution in [-0.2, 0) is 4.74 Å². The summed E-state index contributed by atoms with van der Waals surface area (Å²) in [6, 6.07) is 2.58. The lowest BCUT2D eigenvalue weighted by Gasteiger charge is -2.49. The van der Waals surface area contributed by atoms with E-state index in [1.54, 1.807) is 17.5 Å². The molecule has 158 valence electrons. The van der Waals surface area contributed by atoms with E-state index in [9.17, 15) is 4.79 Å². The third-order valence-electron chi connectivity index (χ3n) is 6.81. The van der Waals surface area contributed by atoms with Gasteiger partial charge in [-0.2, -0.15) is 0 Å². The van der Waals surface area contributed by atoms with Gasteiger partial charge in [-0.1, -0.05) is 11.8 Å². The highest BCUT2D eigenvalue weighted by Crippen LogP contribution is 2.33. The predicted octanol–water partition coefficient (Wildman–Crippen LogP) is 2.19. The predicted molar refractivity (Wildman–Crippen MR) is 119 cm³/mol. The Balaban J connectivity index is 1.32. The number of fused-ring (bicyclic) bond motifs is 4. The molecule has 0 aromatic carbocycles. The van der Waals surface area contributed by atoms with E-state index in [1.165, 1.54) is 12.8 Å². The SMILES string of the molecule is C[C@H]1[C@H](NC(=O)c2nccc3c(C#CCN4CCOCC4)csc23)C2CCN1CC2. The molecule has 2 bridgehead atoms. The summed E-state index contributed by atoms with van der Waals surface area (Å²) in [6.45, 7) is 8.73. The molecular formula is C23H28N4O2S. The number of thiophene rings is 1. The van der Waals surface area contributed by atoms with Crippen molar-refractivity contribution in [2.45, 2.75) is 31.8 Å². The zero-order valence-electron chi connectivity index (χ0n) is 17.4. The number of hydrogen-bond acceptors (Lipinski definition) is 6. The summed E-state index contributed by atoms with van der Waals surface area (Å²) in [5, 5.41) is 6.39. The summed E-state index contributed by atoms with van der Waals surface area (Å²) in [5.41, 5.74) is 1.51. The minimum absolute atomic E-state index is 0.0547. The third kappa shape index (κ3) is 3.85. The average molecular weight is 425 g/mol. The molecule has 6 nitrogen and oxygen atoms in total. The highest BCUT2D eigenvalue weighted by atomic mass is 32.1. The van der Waals surface area contributed by atoms with E-state index in [1.807, 2.05) is 11.4 Å². The van der Waals surface area contributed by atoms with Gasteiger partial charge in [0.1, 0.15) is 5.69 Å². The van der Waals surface area contributed by atoms with E-state index < -0.39 is 0 Å². The van der Waals surface area contributed by atoms with Crippen molar-refractivity contribution in [1.29, 1.82) is 0 Å². The number of ether oxygens (including phenoxy) is 1. The number of amides is 1. The maximum atomic E-state index is 13.1. The Kier molecular flexibility index (Phi) is 5.74. The number of hydrogen-bond donors (Lipinski definition) is 1. The summed E-state index contributed by atoms with van der Waals surface area (Å²) in [4.78, 5) is 22.4. The monoisotopic (exact) mass is 424 g/mol. The number of aromatic nitrogens is 1. The van der Waals surface area contributed by atoms with Gasteiger partial charge in [-0.05, 0) is 44.8 Å². The van der Waals surface area contributed by atoms with E-state index in [0.717, 1.165) is 61.6 Å². The molecule has 0 saturated carbocycles. The number of nitrogens with one attached hydrogen (secondary N) is 1. The number of rotatable bonds is 3. The minimum atomic E-state index is -0.0547. The first-order chi connectivity index (χ1) is 14.7. The van der Waals surface area contributed by atoms with Crippen LogP contribution in [-0.4, -0.2) is 78.7 Å². The molecule has 2 aromatic heterocycles. The van der Waals surface area contributed by atoms with Crippen LogP contribution in [0.2, 0.25) is 0 Å². The number of nitrogens with zero attached hydrogens (tertiary/aromatic N) is 3. The molecule has 6 heterocycles. The van der Waals surface area contributed by atoms with Crippen LogP contribution >= 0.6 is 11.3 Å². The first-order valence-corrected chi connectivity index (χ1v) is 11.8. The minimum Gasteiger partial charge on any atom is -0.379 e. The van der Waals surface area contributed by atoms with Crippen molar-refractivity contribution < 1.29 is 9.53 Å². The molecule has 0 unspecified atom stereocenters. The zero-order chi connectivity index (χ0) is 20.5. The van der Waals surface area contributed by atoms with Crippen LogP contribution in [0.5, 0.6) is 0 Å². The van der Waals surface area contributed by atoms with Gasteiger partial charge in [-0.25, -0.2) is 4.98 Å². The van der Waals surface area contributed by atoms with Crippen LogP contribution in [0, 0.1) is 17.8 Å². The fourth-order valence-corrected chi connectivity index (χ4v) is 5.97. The second-order valence-corrected chi connectivity index (χ2v) is 9.37. The van der Waals surface area contributed by atoms with Crippen molar-refractivity contribution in [3.05, 3.63) is 28.9 Å². The van der Waals surface area contributed by atoms with Gasteiger partial charge in [0.2, 0.25) is 0 Å². The van der Waals surface area contributed by atoms with Gasteiger partial charge in [0.15, 0.2) is 0 Å². The highest BCUT2D eigenvalue weighted by Gasteiger charge is 2.40. The number of carbonyl (C=O) groups excluding carboxylic acids is 1. The van der Waals surface area contributed by atoms with Crippen LogP contribution in [0.4, 0.5) is 0 Å². The first kappa shape index (κ1) is 20.0. The van der Waals surface area contributed by atoms with E-state index in [2.05, 4.69) is 38.9 Å². The van der Waals surface area contributed by atoms with E-state index in [4.69, 9.17) is 4.74 Å². The van der Waals surface area contributed by atoms with Crippen molar-refractivity contribution in [1.82, 2.24) is 20.1 Å². The van der Waals surface area contributed by atoms with Gasteiger partial charge in [0.25, 0.3) is 5.91 Å². The molecule has 4 saturated heterocycles. The van der Waals surface area contributed by atoms with Crippen molar-refractivity contribution in [3.8, 4) is 11.8 Å². The second kappa shape index (κ2) is 8.64. The maximum absolute atomic E-state index is 13.1. The van der Waals surface area contributed by atoms with Crippen molar-refractivity contribution >= 4 is 27.3 Å². The van der Waals surface area contributed by atoms with Crippen molar-refractivity contribution in [3.63, 3.8) is 0 Å². The molecule has 4 aliphatic rings. The normalized spacial score (nSPS) is 28.8. The van der Waals surface area contributed by atoms with E-state index in [-0.39, 0.29) is 11.9 Å². The maximum Gasteiger partial charge on any atom is 0.271 e. The van der Waals surface area contributed by atoms with Gasteiger partial charge in [-0.15, -0.1) is 11.3 Å². The molecule has 2 aromatic rings. The topological polar surface area (TPSA) is 57.7 Å². The van der Waals surface area contributed by atoms with Crippen LogP contribution < -0.4 is 5.32 Å². The molecule has 0 radical (unpaired) electrons. The Bertz CT molecular complexity index is 978. The van der Waals surface area contributed by atoms with Crippen LogP contribution in [0.3, 0.4) is 0 Å². The molecule has 1 amide bonds. The van der Waals surface area contributed by atoms with E-state index in [0.29, 0.717) is 17.7 Å². The van der Waals surface area contributed by atoms with Crippen LogP contribution in [0.15, 0.2) is 17.6 Å². The molecule has 4 fully saturated rings. The molecule has 0 spiro atoms. The number of piperidine rings is 3. The van der Waals surface area contributed by atoms with Crippen LogP contribution in [0.1, 0.15) is 35.8 Å². The summed E-state index contributed by atoms with van der Waals surface area (Å²) < 4.78 is 6.32. The first-order valence-electron chi connectivity index (χ1n) is 10.9. The zero-order valence-corrected chi connectivity index (χ0v) is 18.2. The molecule has 7 heteroatoms. The third-order valence-corrected chi connectivity index (χ3v) is 7.81. The lowest BCUT2D eigenvalue weighted by atomic mass is 9.79. The number of carbonyl (C=O) groups is 1.